The molecule has 0 saturated carbocycles. The van der Waals surface area contributed by atoms with E-state index in [1.165, 1.54) is 22.8 Å². The summed E-state index contributed by atoms with van der Waals surface area (Å²) in [6, 6.07) is 13.6. The van der Waals surface area contributed by atoms with E-state index in [9.17, 15) is 18.0 Å². The second-order valence-electron chi connectivity index (χ2n) is 7.93. The SMILES string of the molecule is CCOc1ccc(S(=O)(=O)N2CCC(C(=O)Nc3ccc4sc(C(=O)OC)cc4c3)CC2)cc1. The minimum Gasteiger partial charge on any atom is -0.494 e. The quantitative estimate of drug-likeness (QED) is 0.488. The Labute approximate surface area is 202 Å². The van der Waals surface area contributed by atoms with E-state index in [2.05, 4.69) is 5.32 Å². The smallest absolute Gasteiger partial charge is 0.348 e. The van der Waals surface area contributed by atoms with Gasteiger partial charge in [-0.2, -0.15) is 4.31 Å². The van der Waals surface area contributed by atoms with Crippen LogP contribution in [0.25, 0.3) is 10.1 Å². The molecule has 8 nitrogen and oxygen atoms in total. The van der Waals surface area contributed by atoms with Crippen molar-refractivity contribution in [3.8, 4) is 5.75 Å². The van der Waals surface area contributed by atoms with Gasteiger partial charge in [0.25, 0.3) is 0 Å². The molecular weight excluding hydrogens is 476 g/mol. The van der Waals surface area contributed by atoms with Gasteiger partial charge in [-0.15, -0.1) is 11.3 Å². The molecule has 0 radical (unpaired) electrons. The molecule has 4 rings (SSSR count). The number of esters is 1. The van der Waals surface area contributed by atoms with Gasteiger partial charge in [-0.05, 0) is 73.7 Å². The van der Waals surface area contributed by atoms with Crippen molar-refractivity contribution in [3.05, 3.63) is 53.4 Å². The average molecular weight is 503 g/mol. The highest BCUT2D eigenvalue weighted by molar-refractivity contribution is 7.89. The number of hydrogen-bond acceptors (Lipinski definition) is 7. The van der Waals surface area contributed by atoms with E-state index in [-0.39, 0.29) is 29.8 Å². The van der Waals surface area contributed by atoms with Crippen LogP contribution in [0.15, 0.2) is 53.4 Å². The van der Waals surface area contributed by atoms with Crippen LogP contribution in [0, 0.1) is 5.92 Å². The van der Waals surface area contributed by atoms with E-state index in [4.69, 9.17) is 9.47 Å². The predicted molar refractivity (Wildman–Crippen MR) is 131 cm³/mol. The van der Waals surface area contributed by atoms with Gasteiger partial charge in [0.2, 0.25) is 15.9 Å². The van der Waals surface area contributed by atoms with Crippen molar-refractivity contribution >= 4 is 49.0 Å². The number of fused-ring (bicyclic) bond motifs is 1. The summed E-state index contributed by atoms with van der Waals surface area (Å²) < 4.78 is 38.4. The number of piperidine rings is 1. The number of sulfonamides is 1. The first-order valence-electron chi connectivity index (χ1n) is 11.0. The summed E-state index contributed by atoms with van der Waals surface area (Å²) in [5.41, 5.74) is 0.635. The topological polar surface area (TPSA) is 102 Å². The molecule has 1 aliphatic heterocycles. The number of carbonyl (C=O) groups excluding carboxylic acids is 2. The fourth-order valence-corrected chi connectivity index (χ4v) is 6.38. The summed E-state index contributed by atoms with van der Waals surface area (Å²) in [7, 11) is -2.28. The van der Waals surface area contributed by atoms with Crippen molar-refractivity contribution in [3.63, 3.8) is 0 Å². The number of benzene rings is 2. The van der Waals surface area contributed by atoms with Gasteiger partial charge in [0, 0.05) is 29.4 Å². The molecule has 1 aliphatic rings. The lowest BCUT2D eigenvalue weighted by molar-refractivity contribution is -0.120. The minimum absolute atomic E-state index is 0.138. The van der Waals surface area contributed by atoms with E-state index in [1.54, 1.807) is 36.4 Å². The van der Waals surface area contributed by atoms with Crippen LogP contribution in [0.3, 0.4) is 0 Å². The molecule has 0 bridgehead atoms. The van der Waals surface area contributed by atoms with Gasteiger partial charge >= 0.3 is 5.97 Å². The Morgan fingerprint density at radius 1 is 1.09 bits per heavy atom. The summed E-state index contributed by atoms with van der Waals surface area (Å²) in [5, 5.41) is 3.77. The molecule has 2 aromatic carbocycles. The lowest BCUT2D eigenvalue weighted by Gasteiger charge is -2.30. The van der Waals surface area contributed by atoms with Crippen LogP contribution in [0.1, 0.15) is 29.4 Å². The Bertz CT molecular complexity index is 1290. The van der Waals surface area contributed by atoms with E-state index in [0.717, 1.165) is 10.1 Å². The molecule has 0 spiro atoms. The molecule has 180 valence electrons. The lowest BCUT2D eigenvalue weighted by Crippen LogP contribution is -2.41. The number of nitrogens with zero attached hydrogens (tertiary/aromatic N) is 1. The highest BCUT2D eigenvalue weighted by Crippen LogP contribution is 2.30. The van der Waals surface area contributed by atoms with Gasteiger partial charge in [0.1, 0.15) is 10.6 Å². The van der Waals surface area contributed by atoms with Crippen LogP contribution < -0.4 is 10.1 Å². The molecule has 1 N–H and O–H groups in total. The number of amides is 1. The van der Waals surface area contributed by atoms with Crippen LogP contribution in [0.5, 0.6) is 5.75 Å². The first-order valence-corrected chi connectivity index (χ1v) is 13.2. The maximum absolute atomic E-state index is 13.0. The Morgan fingerprint density at radius 2 is 1.79 bits per heavy atom. The Balaban J connectivity index is 1.37. The molecule has 1 amide bonds. The maximum Gasteiger partial charge on any atom is 0.348 e. The first-order chi connectivity index (χ1) is 16.3. The third-order valence-corrected chi connectivity index (χ3v) is 8.78. The van der Waals surface area contributed by atoms with Gasteiger partial charge < -0.3 is 14.8 Å². The molecule has 0 aliphatic carbocycles. The van der Waals surface area contributed by atoms with E-state index in [1.807, 2.05) is 19.1 Å². The zero-order chi connectivity index (χ0) is 24.3. The molecular formula is C24H26N2O6S2. The lowest BCUT2D eigenvalue weighted by atomic mass is 9.97. The summed E-state index contributed by atoms with van der Waals surface area (Å²) in [5.74, 6) is -0.186. The van der Waals surface area contributed by atoms with Crippen LogP contribution in [0.2, 0.25) is 0 Å². The summed E-state index contributed by atoms with van der Waals surface area (Å²) in [6.45, 7) is 2.93. The molecule has 2 heterocycles. The van der Waals surface area contributed by atoms with Crippen LogP contribution in [-0.4, -0.2) is 51.4 Å². The largest absolute Gasteiger partial charge is 0.494 e. The van der Waals surface area contributed by atoms with E-state index >= 15 is 0 Å². The average Bonchev–Trinajstić information content (AvgIpc) is 3.27. The van der Waals surface area contributed by atoms with Gasteiger partial charge in [-0.1, -0.05) is 0 Å². The maximum atomic E-state index is 13.0. The number of thiophene rings is 1. The van der Waals surface area contributed by atoms with Crippen LogP contribution in [0.4, 0.5) is 5.69 Å². The predicted octanol–water partition coefficient (Wildman–Crippen LogP) is 4.13. The fourth-order valence-electron chi connectivity index (χ4n) is 3.95. The van der Waals surface area contributed by atoms with Gasteiger partial charge in [0.15, 0.2) is 0 Å². The number of methoxy groups -OCH3 is 1. The molecule has 0 atom stereocenters. The normalized spacial score (nSPS) is 15.2. The number of ether oxygens (including phenoxy) is 2. The Hall–Kier alpha value is -2.95. The van der Waals surface area contributed by atoms with Crippen molar-refractivity contribution in [1.29, 1.82) is 0 Å². The monoisotopic (exact) mass is 502 g/mol. The van der Waals surface area contributed by atoms with Gasteiger partial charge in [-0.25, -0.2) is 13.2 Å². The second kappa shape index (κ2) is 10.1. The van der Waals surface area contributed by atoms with Crippen molar-refractivity contribution in [2.75, 3.05) is 32.1 Å². The summed E-state index contributed by atoms with van der Waals surface area (Å²) >= 11 is 1.33. The molecule has 0 unspecified atom stereocenters. The number of nitrogens with one attached hydrogen (secondary N) is 1. The van der Waals surface area contributed by atoms with E-state index in [0.29, 0.717) is 35.8 Å². The van der Waals surface area contributed by atoms with Crippen LogP contribution in [-0.2, 0) is 19.6 Å². The van der Waals surface area contributed by atoms with Crippen LogP contribution >= 0.6 is 11.3 Å². The number of hydrogen-bond donors (Lipinski definition) is 1. The van der Waals surface area contributed by atoms with E-state index < -0.39 is 16.0 Å². The highest BCUT2D eigenvalue weighted by Gasteiger charge is 2.32. The van der Waals surface area contributed by atoms with Gasteiger partial charge in [0.05, 0.1) is 18.6 Å². The first kappa shape index (κ1) is 24.2. The fraction of sp³-hybridized carbons (Fsp3) is 0.333. The van der Waals surface area contributed by atoms with Gasteiger partial charge in [-0.3, -0.25) is 4.79 Å². The molecule has 34 heavy (non-hydrogen) atoms. The van der Waals surface area contributed by atoms with Crippen molar-refractivity contribution in [2.24, 2.45) is 5.92 Å². The zero-order valence-corrected chi connectivity index (χ0v) is 20.6. The molecule has 1 saturated heterocycles. The minimum atomic E-state index is -3.62. The third kappa shape index (κ3) is 5.08. The standard InChI is InChI=1S/C24H26N2O6S2/c1-3-32-19-5-7-20(8-6-19)34(29,30)26-12-10-16(11-13-26)23(27)25-18-4-9-21-17(14-18)15-22(33-21)24(28)31-2/h4-9,14-16H,3,10-13H2,1-2H3,(H,25,27). The number of carbonyl (C=O) groups is 2. The zero-order valence-electron chi connectivity index (χ0n) is 18.9. The Morgan fingerprint density at radius 3 is 2.44 bits per heavy atom. The number of rotatable bonds is 7. The molecule has 10 heteroatoms. The molecule has 3 aromatic rings. The summed E-state index contributed by atoms with van der Waals surface area (Å²) in [4.78, 5) is 25.3. The number of anilines is 1. The van der Waals surface area contributed by atoms with Crippen molar-refractivity contribution in [2.45, 2.75) is 24.7 Å². The van der Waals surface area contributed by atoms with Crippen molar-refractivity contribution in [1.82, 2.24) is 4.31 Å². The Kier molecular flexibility index (Phi) is 7.20. The third-order valence-electron chi connectivity index (χ3n) is 5.77. The van der Waals surface area contributed by atoms with Crippen molar-refractivity contribution < 1.29 is 27.5 Å². The highest BCUT2D eigenvalue weighted by atomic mass is 32.2. The molecule has 1 aromatic heterocycles. The summed E-state index contributed by atoms with van der Waals surface area (Å²) in [6.07, 6.45) is 0.880. The second-order valence-corrected chi connectivity index (χ2v) is 10.9. The molecule has 1 fully saturated rings.